The maximum absolute atomic E-state index is 12.7. The molecule has 1 amide bonds. The highest BCUT2D eigenvalue weighted by Gasteiger charge is 2.12. The molecule has 0 saturated carbocycles. The number of aromatic nitrogens is 1. The van der Waals surface area contributed by atoms with Gasteiger partial charge in [-0.2, -0.15) is 0 Å². The smallest absolute Gasteiger partial charge is 0.255 e. The maximum Gasteiger partial charge on any atom is 0.255 e. The first-order valence-electron chi connectivity index (χ1n) is 8.92. The second-order valence-electron chi connectivity index (χ2n) is 6.12. The summed E-state index contributed by atoms with van der Waals surface area (Å²) in [5, 5.41) is 6.35. The standard InChI is InChI=1S/C21H21ClN2O3S/c1-3-9-26-20-8-7-16(22)11-19(20)24-21(25)15-5-4-6-18(10-15)27-12-17-13-28-14(2)23-17/h4-8,10-11,13H,3,9,12H2,1-2H3,(H,24,25). The zero-order valence-electron chi connectivity index (χ0n) is 15.7. The van der Waals surface area contributed by atoms with Gasteiger partial charge in [0.15, 0.2) is 0 Å². The number of amides is 1. The average Bonchev–Trinajstić information content (AvgIpc) is 3.11. The lowest BCUT2D eigenvalue weighted by Crippen LogP contribution is -2.13. The van der Waals surface area contributed by atoms with E-state index in [0.29, 0.717) is 41.0 Å². The Morgan fingerprint density at radius 1 is 1.21 bits per heavy atom. The molecule has 1 aromatic heterocycles. The van der Waals surface area contributed by atoms with Crippen LogP contribution >= 0.6 is 22.9 Å². The van der Waals surface area contributed by atoms with Crippen LogP contribution in [-0.2, 0) is 6.61 Å². The van der Waals surface area contributed by atoms with E-state index in [4.69, 9.17) is 21.1 Å². The van der Waals surface area contributed by atoms with Crippen molar-refractivity contribution in [2.24, 2.45) is 0 Å². The van der Waals surface area contributed by atoms with Crippen molar-refractivity contribution in [3.05, 3.63) is 69.1 Å². The molecule has 0 aliphatic heterocycles. The van der Waals surface area contributed by atoms with E-state index in [9.17, 15) is 4.79 Å². The highest BCUT2D eigenvalue weighted by molar-refractivity contribution is 7.09. The van der Waals surface area contributed by atoms with Crippen LogP contribution in [0.4, 0.5) is 5.69 Å². The molecule has 0 radical (unpaired) electrons. The van der Waals surface area contributed by atoms with Gasteiger partial charge in [0.2, 0.25) is 0 Å². The Balaban J connectivity index is 1.70. The molecular weight excluding hydrogens is 396 g/mol. The number of halogens is 1. The largest absolute Gasteiger partial charge is 0.491 e. The highest BCUT2D eigenvalue weighted by atomic mass is 35.5. The van der Waals surface area contributed by atoms with Gasteiger partial charge in [-0.3, -0.25) is 4.79 Å². The quantitative estimate of drug-likeness (QED) is 0.509. The Morgan fingerprint density at radius 2 is 2.07 bits per heavy atom. The minimum Gasteiger partial charge on any atom is -0.491 e. The van der Waals surface area contributed by atoms with Crippen LogP contribution in [0.1, 0.15) is 34.4 Å². The molecule has 0 saturated heterocycles. The van der Waals surface area contributed by atoms with Crippen LogP contribution in [0.25, 0.3) is 0 Å². The Kier molecular flexibility index (Phi) is 6.90. The van der Waals surface area contributed by atoms with E-state index >= 15 is 0 Å². The van der Waals surface area contributed by atoms with Gasteiger partial charge < -0.3 is 14.8 Å². The summed E-state index contributed by atoms with van der Waals surface area (Å²) in [4.78, 5) is 17.1. The lowest BCUT2D eigenvalue weighted by molar-refractivity contribution is 0.102. The summed E-state index contributed by atoms with van der Waals surface area (Å²) < 4.78 is 11.4. The first-order valence-corrected chi connectivity index (χ1v) is 10.2. The summed E-state index contributed by atoms with van der Waals surface area (Å²) in [6.45, 7) is 4.89. The number of nitrogens with one attached hydrogen (secondary N) is 1. The number of nitrogens with zero attached hydrogens (tertiary/aromatic N) is 1. The third-order valence-corrected chi connectivity index (χ3v) is 4.86. The van der Waals surface area contributed by atoms with E-state index in [1.54, 1.807) is 47.7 Å². The second kappa shape index (κ2) is 9.57. The number of rotatable bonds is 8. The van der Waals surface area contributed by atoms with E-state index in [1.807, 2.05) is 25.3 Å². The molecule has 2 aromatic carbocycles. The maximum atomic E-state index is 12.7. The Hall–Kier alpha value is -2.57. The van der Waals surface area contributed by atoms with Crippen LogP contribution < -0.4 is 14.8 Å². The molecule has 28 heavy (non-hydrogen) atoms. The van der Waals surface area contributed by atoms with Crippen molar-refractivity contribution in [3.8, 4) is 11.5 Å². The summed E-state index contributed by atoms with van der Waals surface area (Å²) >= 11 is 7.65. The summed E-state index contributed by atoms with van der Waals surface area (Å²) in [6, 6.07) is 12.2. The van der Waals surface area contributed by atoms with Gasteiger partial charge in [0.05, 0.1) is 23.0 Å². The van der Waals surface area contributed by atoms with Crippen LogP contribution in [-0.4, -0.2) is 17.5 Å². The molecule has 7 heteroatoms. The summed E-state index contributed by atoms with van der Waals surface area (Å²) in [5.41, 5.74) is 1.89. The molecule has 3 rings (SSSR count). The molecule has 146 valence electrons. The van der Waals surface area contributed by atoms with Gasteiger partial charge in [0.1, 0.15) is 18.1 Å². The minimum absolute atomic E-state index is 0.265. The average molecular weight is 417 g/mol. The van der Waals surface area contributed by atoms with Crippen LogP contribution in [0.5, 0.6) is 11.5 Å². The van der Waals surface area contributed by atoms with Crippen LogP contribution in [0.3, 0.4) is 0 Å². The minimum atomic E-state index is -0.265. The number of benzene rings is 2. The fourth-order valence-electron chi connectivity index (χ4n) is 2.49. The molecule has 0 unspecified atom stereocenters. The van der Waals surface area contributed by atoms with E-state index in [1.165, 1.54) is 0 Å². The van der Waals surface area contributed by atoms with Crippen molar-refractivity contribution >= 4 is 34.5 Å². The van der Waals surface area contributed by atoms with Crippen molar-refractivity contribution in [2.75, 3.05) is 11.9 Å². The third-order valence-electron chi connectivity index (χ3n) is 3.80. The second-order valence-corrected chi connectivity index (χ2v) is 7.62. The van der Waals surface area contributed by atoms with Gasteiger partial charge >= 0.3 is 0 Å². The fourth-order valence-corrected chi connectivity index (χ4v) is 3.26. The van der Waals surface area contributed by atoms with Crippen molar-refractivity contribution in [1.82, 2.24) is 4.98 Å². The molecule has 0 atom stereocenters. The summed E-state index contributed by atoms with van der Waals surface area (Å²) in [5.74, 6) is 0.927. The van der Waals surface area contributed by atoms with Gasteiger partial charge in [0, 0.05) is 16.0 Å². The molecule has 1 N–H and O–H groups in total. The molecule has 0 aliphatic rings. The van der Waals surface area contributed by atoms with Gasteiger partial charge in [-0.25, -0.2) is 4.98 Å². The summed E-state index contributed by atoms with van der Waals surface area (Å²) in [7, 11) is 0. The van der Waals surface area contributed by atoms with E-state index < -0.39 is 0 Å². The third kappa shape index (κ3) is 5.47. The topological polar surface area (TPSA) is 60.5 Å². The molecule has 0 bridgehead atoms. The number of ether oxygens (including phenoxy) is 2. The predicted octanol–water partition coefficient (Wildman–Crippen LogP) is 5.73. The molecular formula is C21H21ClN2O3S. The highest BCUT2D eigenvalue weighted by Crippen LogP contribution is 2.29. The van der Waals surface area contributed by atoms with E-state index in [-0.39, 0.29) is 5.91 Å². The molecule has 5 nitrogen and oxygen atoms in total. The molecule has 1 heterocycles. The van der Waals surface area contributed by atoms with Crippen LogP contribution in [0, 0.1) is 6.92 Å². The number of anilines is 1. The zero-order chi connectivity index (χ0) is 19.9. The Morgan fingerprint density at radius 3 is 2.82 bits per heavy atom. The number of hydrogen-bond acceptors (Lipinski definition) is 5. The van der Waals surface area contributed by atoms with Crippen molar-refractivity contribution in [2.45, 2.75) is 26.9 Å². The van der Waals surface area contributed by atoms with Gasteiger partial charge in [-0.1, -0.05) is 24.6 Å². The van der Waals surface area contributed by atoms with E-state index in [2.05, 4.69) is 10.3 Å². The number of aryl methyl sites for hydroxylation is 1. The first kappa shape index (κ1) is 20.2. The Labute approximate surface area is 173 Å². The lowest BCUT2D eigenvalue weighted by Gasteiger charge is -2.13. The summed E-state index contributed by atoms with van der Waals surface area (Å²) in [6.07, 6.45) is 0.869. The monoisotopic (exact) mass is 416 g/mol. The number of carbonyl (C=O) groups excluding carboxylic acids is 1. The van der Waals surface area contributed by atoms with Crippen molar-refractivity contribution in [3.63, 3.8) is 0 Å². The normalized spacial score (nSPS) is 10.5. The van der Waals surface area contributed by atoms with Crippen molar-refractivity contribution < 1.29 is 14.3 Å². The number of hydrogen-bond donors (Lipinski definition) is 1. The number of thiazole rings is 1. The SMILES string of the molecule is CCCOc1ccc(Cl)cc1NC(=O)c1cccc(OCc2csc(C)n2)c1. The van der Waals surface area contributed by atoms with Gasteiger partial charge in [-0.15, -0.1) is 11.3 Å². The van der Waals surface area contributed by atoms with Crippen LogP contribution in [0.15, 0.2) is 47.8 Å². The van der Waals surface area contributed by atoms with Gasteiger partial charge in [-0.05, 0) is 49.7 Å². The first-order chi connectivity index (χ1) is 13.5. The molecule has 0 fully saturated rings. The van der Waals surface area contributed by atoms with Gasteiger partial charge in [0.25, 0.3) is 5.91 Å². The molecule has 3 aromatic rings. The zero-order valence-corrected chi connectivity index (χ0v) is 17.3. The predicted molar refractivity (Wildman–Crippen MR) is 113 cm³/mol. The number of carbonyl (C=O) groups is 1. The Bertz CT molecular complexity index is 958. The van der Waals surface area contributed by atoms with Crippen LogP contribution in [0.2, 0.25) is 5.02 Å². The fraction of sp³-hybridized carbons (Fsp3) is 0.238. The molecule has 0 spiro atoms. The van der Waals surface area contributed by atoms with Crippen molar-refractivity contribution in [1.29, 1.82) is 0 Å². The molecule has 0 aliphatic carbocycles. The lowest BCUT2D eigenvalue weighted by atomic mass is 10.2. The van der Waals surface area contributed by atoms with E-state index in [0.717, 1.165) is 17.1 Å².